The summed E-state index contributed by atoms with van der Waals surface area (Å²) >= 11 is 0. The molecule has 1 fully saturated rings. The van der Waals surface area contributed by atoms with Crippen molar-refractivity contribution in [3.05, 3.63) is 59.9 Å². The van der Waals surface area contributed by atoms with E-state index in [1.807, 2.05) is 39.0 Å². The summed E-state index contributed by atoms with van der Waals surface area (Å²) in [4.78, 5) is 13.1. The number of benzene rings is 2. The molecule has 2 atom stereocenters. The SMILES string of the molecule is CCOCc1c(C(=O)Nc2ccc(S(=O)(=O)N3CC(C)OC(C)C3)cc2)oc2ccccc12. The van der Waals surface area contributed by atoms with E-state index in [9.17, 15) is 13.2 Å². The number of furan rings is 1. The van der Waals surface area contributed by atoms with E-state index in [4.69, 9.17) is 13.9 Å². The van der Waals surface area contributed by atoms with Gasteiger partial charge in [0.25, 0.3) is 5.91 Å². The van der Waals surface area contributed by atoms with Crippen LogP contribution < -0.4 is 5.32 Å². The zero-order chi connectivity index (χ0) is 23.6. The summed E-state index contributed by atoms with van der Waals surface area (Å²) in [5.74, 6) is -0.245. The molecule has 0 bridgehead atoms. The molecule has 176 valence electrons. The summed E-state index contributed by atoms with van der Waals surface area (Å²) in [6.45, 7) is 6.97. The quantitative estimate of drug-likeness (QED) is 0.558. The smallest absolute Gasteiger partial charge is 0.291 e. The molecule has 1 aromatic heterocycles. The number of hydrogen-bond acceptors (Lipinski definition) is 6. The number of anilines is 1. The van der Waals surface area contributed by atoms with Crippen molar-refractivity contribution in [3.63, 3.8) is 0 Å². The molecule has 0 radical (unpaired) electrons. The number of para-hydroxylation sites is 1. The maximum Gasteiger partial charge on any atom is 0.291 e. The second-order valence-corrected chi connectivity index (χ2v) is 10.0. The summed E-state index contributed by atoms with van der Waals surface area (Å²) in [7, 11) is -3.65. The molecule has 3 aromatic rings. The van der Waals surface area contributed by atoms with Gasteiger partial charge in [-0.2, -0.15) is 4.31 Å². The van der Waals surface area contributed by atoms with Crippen molar-refractivity contribution in [1.82, 2.24) is 4.31 Å². The van der Waals surface area contributed by atoms with Crippen LogP contribution in [-0.2, 0) is 26.1 Å². The van der Waals surface area contributed by atoms with Gasteiger partial charge in [0.05, 0.1) is 23.7 Å². The normalized spacial score (nSPS) is 19.6. The molecule has 1 aliphatic rings. The first-order valence-electron chi connectivity index (χ1n) is 10.9. The van der Waals surface area contributed by atoms with Crippen LogP contribution >= 0.6 is 0 Å². The highest BCUT2D eigenvalue weighted by molar-refractivity contribution is 7.89. The molecule has 2 aromatic carbocycles. The molecule has 0 spiro atoms. The number of ether oxygens (including phenoxy) is 2. The number of amides is 1. The minimum absolute atomic E-state index is 0.169. The highest BCUT2D eigenvalue weighted by Crippen LogP contribution is 2.28. The molecule has 0 saturated carbocycles. The van der Waals surface area contributed by atoms with Gasteiger partial charge in [0, 0.05) is 36.3 Å². The monoisotopic (exact) mass is 472 g/mol. The number of fused-ring (bicyclic) bond motifs is 1. The third-order valence-electron chi connectivity index (χ3n) is 5.49. The topological polar surface area (TPSA) is 98.1 Å². The minimum Gasteiger partial charge on any atom is -0.451 e. The molecule has 9 heteroatoms. The number of nitrogens with zero attached hydrogens (tertiary/aromatic N) is 1. The van der Waals surface area contributed by atoms with Crippen molar-refractivity contribution < 1.29 is 27.1 Å². The zero-order valence-electron chi connectivity index (χ0n) is 18.9. The Labute approximate surface area is 193 Å². The molecule has 0 aliphatic carbocycles. The van der Waals surface area contributed by atoms with Gasteiger partial charge in [-0.15, -0.1) is 0 Å². The average Bonchev–Trinajstić information content (AvgIpc) is 3.16. The van der Waals surface area contributed by atoms with Gasteiger partial charge in [0.15, 0.2) is 5.76 Å². The lowest BCUT2D eigenvalue weighted by Gasteiger charge is -2.34. The van der Waals surface area contributed by atoms with Crippen LogP contribution in [0.5, 0.6) is 0 Å². The third kappa shape index (κ3) is 4.96. The predicted molar refractivity (Wildman–Crippen MR) is 125 cm³/mol. The molecule has 1 amide bonds. The van der Waals surface area contributed by atoms with Crippen LogP contribution in [-0.4, -0.2) is 50.5 Å². The maximum absolute atomic E-state index is 13.0. The summed E-state index contributed by atoms with van der Waals surface area (Å²) in [6.07, 6.45) is -0.339. The Morgan fingerprint density at radius 3 is 2.42 bits per heavy atom. The highest BCUT2D eigenvalue weighted by atomic mass is 32.2. The van der Waals surface area contributed by atoms with Gasteiger partial charge in [-0.05, 0) is 51.1 Å². The molecule has 4 rings (SSSR count). The van der Waals surface area contributed by atoms with E-state index in [2.05, 4.69) is 5.32 Å². The van der Waals surface area contributed by atoms with Gasteiger partial charge < -0.3 is 19.2 Å². The van der Waals surface area contributed by atoms with Gasteiger partial charge in [-0.3, -0.25) is 4.79 Å². The van der Waals surface area contributed by atoms with Crippen LogP contribution in [0.25, 0.3) is 11.0 Å². The molecule has 1 aliphatic heterocycles. The summed E-state index contributed by atoms with van der Waals surface area (Å²) in [5.41, 5.74) is 1.75. The lowest BCUT2D eigenvalue weighted by molar-refractivity contribution is -0.0440. The Kier molecular flexibility index (Phi) is 6.85. The van der Waals surface area contributed by atoms with Crippen molar-refractivity contribution in [3.8, 4) is 0 Å². The molecular weight excluding hydrogens is 444 g/mol. The van der Waals surface area contributed by atoms with Crippen LogP contribution in [0.4, 0.5) is 5.69 Å². The van der Waals surface area contributed by atoms with E-state index in [0.29, 0.717) is 36.5 Å². The molecule has 8 nitrogen and oxygen atoms in total. The number of nitrogens with one attached hydrogen (secondary N) is 1. The van der Waals surface area contributed by atoms with E-state index < -0.39 is 15.9 Å². The largest absolute Gasteiger partial charge is 0.451 e. The fourth-order valence-corrected chi connectivity index (χ4v) is 5.59. The highest BCUT2D eigenvalue weighted by Gasteiger charge is 2.32. The van der Waals surface area contributed by atoms with Crippen LogP contribution in [0.1, 0.15) is 36.9 Å². The Morgan fingerprint density at radius 1 is 1.09 bits per heavy atom. The van der Waals surface area contributed by atoms with E-state index in [0.717, 1.165) is 5.39 Å². The minimum atomic E-state index is -3.65. The lowest BCUT2D eigenvalue weighted by atomic mass is 10.1. The van der Waals surface area contributed by atoms with Crippen molar-refractivity contribution in [2.24, 2.45) is 0 Å². The zero-order valence-corrected chi connectivity index (χ0v) is 19.7. The predicted octanol–water partition coefficient (Wildman–Crippen LogP) is 4.02. The Bertz CT molecular complexity index is 1230. The molecule has 1 saturated heterocycles. The van der Waals surface area contributed by atoms with E-state index in [1.54, 1.807) is 18.2 Å². The number of rotatable bonds is 7. The number of carbonyl (C=O) groups is 1. The van der Waals surface area contributed by atoms with Crippen LogP contribution in [0.3, 0.4) is 0 Å². The lowest BCUT2D eigenvalue weighted by Crippen LogP contribution is -2.48. The fourth-order valence-electron chi connectivity index (χ4n) is 4.00. The second-order valence-electron chi connectivity index (χ2n) is 8.10. The summed E-state index contributed by atoms with van der Waals surface area (Å²) in [6, 6.07) is 13.5. The Morgan fingerprint density at radius 2 is 1.76 bits per heavy atom. The fraction of sp³-hybridized carbons (Fsp3) is 0.375. The van der Waals surface area contributed by atoms with E-state index >= 15 is 0 Å². The van der Waals surface area contributed by atoms with Gasteiger partial charge in [0.2, 0.25) is 10.0 Å². The standard InChI is InChI=1S/C24H28N2O6S/c1-4-30-15-21-20-7-5-6-8-22(20)32-23(21)24(27)25-18-9-11-19(12-10-18)33(28,29)26-13-16(2)31-17(3)14-26/h5-12,16-17H,4,13-15H2,1-3H3,(H,25,27). The van der Waals surface area contributed by atoms with Crippen molar-refractivity contribution in [2.75, 3.05) is 25.0 Å². The number of sulfonamides is 1. The number of carbonyl (C=O) groups excluding carboxylic acids is 1. The van der Waals surface area contributed by atoms with Gasteiger partial charge in [-0.1, -0.05) is 18.2 Å². The van der Waals surface area contributed by atoms with Gasteiger partial charge >= 0.3 is 0 Å². The van der Waals surface area contributed by atoms with Crippen molar-refractivity contribution in [1.29, 1.82) is 0 Å². The second kappa shape index (κ2) is 9.64. The Hall–Kier alpha value is -2.72. The third-order valence-corrected chi connectivity index (χ3v) is 7.34. The molecule has 1 N–H and O–H groups in total. The Balaban J connectivity index is 1.53. The maximum atomic E-state index is 13.0. The molecule has 2 unspecified atom stereocenters. The van der Waals surface area contributed by atoms with E-state index in [-0.39, 0.29) is 29.5 Å². The van der Waals surface area contributed by atoms with Gasteiger partial charge in [-0.25, -0.2) is 8.42 Å². The molecular formula is C24H28N2O6S. The van der Waals surface area contributed by atoms with E-state index in [1.165, 1.54) is 16.4 Å². The van der Waals surface area contributed by atoms with Crippen molar-refractivity contribution in [2.45, 2.75) is 44.5 Å². The molecule has 2 heterocycles. The number of hydrogen-bond donors (Lipinski definition) is 1. The first-order valence-corrected chi connectivity index (χ1v) is 12.4. The van der Waals surface area contributed by atoms with Crippen LogP contribution in [0, 0.1) is 0 Å². The van der Waals surface area contributed by atoms with Crippen LogP contribution in [0.2, 0.25) is 0 Å². The summed E-state index contributed by atoms with van der Waals surface area (Å²) < 4.78 is 44.5. The first kappa shape index (κ1) is 23.4. The first-order chi connectivity index (χ1) is 15.8. The van der Waals surface area contributed by atoms with Crippen molar-refractivity contribution >= 4 is 32.6 Å². The van der Waals surface area contributed by atoms with Crippen LogP contribution in [0.15, 0.2) is 57.8 Å². The number of morpholine rings is 1. The summed E-state index contributed by atoms with van der Waals surface area (Å²) in [5, 5.41) is 3.62. The molecule has 33 heavy (non-hydrogen) atoms. The average molecular weight is 473 g/mol. The van der Waals surface area contributed by atoms with Gasteiger partial charge in [0.1, 0.15) is 5.58 Å².